The molecule has 0 radical (unpaired) electrons. The van der Waals surface area contributed by atoms with Gasteiger partial charge >= 0.3 is 0 Å². The van der Waals surface area contributed by atoms with Crippen LogP contribution in [-0.4, -0.2) is 49.4 Å². The van der Waals surface area contributed by atoms with Crippen molar-refractivity contribution >= 4 is 12.5 Å². The molecule has 3 rings (SSSR count). The zero-order chi connectivity index (χ0) is 25.0. The molecule has 0 spiro atoms. The van der Waals surface area contributed by atoms with E-state index in [2.05, 4.69) is 47.7 Å². The van der Waals surface area contributed by atoms with Gasteiger partial charge in [0.25, 0.3) is 0 Å². The standard InChI is InChI=1S/C27H35N5O2/c1-8-9-10-24-22(11-12-28-7)23(25(33)27(5,6)34)17-31(24)20(4)21-13-19(3)26(29-15-21)32-16-18(2)14-30-32/h10-16,20,34H,7-9,17H2,1-6H3/b12-11-,24-10+. The number of pyridine rings is 1. The minimum absolute atomic E-state index is 0.0464. The Labute approximate surface area is 202 Å². The Bertz CT molecular complexity index is 1160. The Morgan fingerprint density at radius 1 is 1.35 bits per heavy atom. The molecule has 180 valence electrons. The molecule has 2 aromatic rings. The van der Waals surface area contributed by atoms with Gasteiger partial charge in [0, 0.05) is 42.0 Å². The molecular weight excluding hydrogens is 426 g/mol. The number of aromatic nitrogens is 3. The molecule has 0 aliphatic carbocycles. The van der Waals surface area contributed by atoms with Gasteiger partial charge in [-0.15, -0.1) is 0 Å². The van der Waals surface area contributed by atoms with Gasteiger partial charge < -0.3 is 10.0 Å². The topological polar surface area (TPSA) is 83.6 Å². The maximum atomic E-state index is 13.2. The first-order valence-corrected chi connectivity index (χ1v) is 11.7. The Morgan fingerprint density at radius 3 is 2.65 bits per heavy atom. The number of hydrogen-bond donors (Lipinski definition) is 1. The summed E-state index contributed by atoms with van der Waals surface area (Å²) >= 11 is 0. The number of carbonyl (C=O) groups excluding carboxylic acids is 1. The van der Waals surface area contributed by atoms with Crippen LogP contribution in [0.3, 0.4) is 0 Å². The van der Waals surface area contributed by atoms with Crippen LogP contribution in [0.2, 0.25) is 0 Å². The van der Waals surface area contributed by atoms with Gasteiger partial charge in [-0.05, 0) is 76.6 Å². The van der Waals surface area contributed by atoms with Crippen LogP contribution in [0.15, 0.2) is 64.8 Å². The summed E-state index contributed by atoms with van der Waals surface area (Å²) in [7, 11) is 0. The maximum Gasteiger partial charge on any atom is 0.192 e. The van der Waals surface area contributed by atoms with Crippen LogP contribution < -0.4 is 0 Å². The molecule has 1 unspecified atom stereocenters. The molecule has 1 atom stereocenters. The lowest BCUT2D eigenvalue weighted by molar-refractivity contribution is -0.130. The second kappa shape index (κ2) is 10.3. The number of unbranched alkanes of at least 4 members (excludes halogenated alkanes) is 1. The summed E-state index contributed by atoms with van der Waals surface area (Å²) in [6, 6.07) is 2.08. The normalized spacial score (nSPS) is 16.7. The molecule has 0 amide bonds. The Morgan fingerprint density at radius 2 is 2.09 bits per heavy atom. The summed E-state index contributed by atoms with van der Waals surface area (Å²) in [6.07, 6.45) is 13.1. The van der Waals surface area contributed by atoms with E-state index >= 15 is 0 Å². The van der Waals surface area contributed by atoms with Gasteiger partial charge in [-0.2, -0.15) is 5.10 Å². The van der Waals surface area contributed by atoms with Crippen molar-refractivity contribution in [2.75, 3.05) is 6.54 Å². The number of aryl methyl sites for hydroxylation is 2. The third kappa shape index (κ3) is 5.25. The molecule has 0 aromatic carbocycles. The molecule has 0 bridgehead atoms. The first-order chi connectivity index (χ1) is 16.1. The van der Waals surface area contributed by atoms with E-state index in [9.17, 15) is 9.90 Å². The number of aliphatic imine (C=N–C) groups is 1. The van der Waals surface area contributed by atoms with E-state index in [1.54, 1.807) is 10.9 Å². The highest BCUT2D eigenvalue weighted by Gasteiger charge is 2.37. The van der Waals surface area contributed by atoms with Crippen molar-refractivity contribution in [2.45, 2.75) is 66.0 Å². The van der Waals surface area contributed by atoms with Crippen LogP contribution in [0.25, 0.3) is 5.82 Å². The smallest absolute Gasteiger partial charge is 0.192 e. The Kier molecular flexibility index (Phi) is 7.67. The maximum absolute atomic E-state index is 13.2. The number of hydrogen-bond acceptors (Lipinski definition) is 6. The number of carbonyl (C=O) groups is 1. The summed E-state index contributed by atoms with van der Waals surface area (Å²) in [5, 5.41) is 14.9. The number of Topliss-reactive ketones (excluding diaryl/α,β-unsaturated/α-hetero) is 1. The monoisotopic (exact) mass is 461 g/mol. The summed E-state index contributed by atoms with van der Waals surface area (Å²) in [5.41, 5.74) is 3.99. The molecule has 7 heteroatoms. The molecule has 3 heterocycles. The van der Waals surface area contributed by atoms with E-state index < -0.39 is 5.60 Å². The highest BCUT2D eigenvalue weighted by molar-refractivity contribution is 6.04. The van der Waals surface area contributed by atoms with Gasteiger partial charge in [0.15, 0.2) is 11.6 Å². The first kappa shape index (κ1) is 25.3. The average Bonchev–Trinajstić information content (AvgIpc) is 3.37. The third-order valence-electron chi connectivity index (χ3n) is 5.99. The van der Waals surface area contributed by atoms with Crippen LogP contribution in [-0.2, 0) is 4.79 Å². The molecule has 0 saturated heterocycles. The summed E-state index contributed by atoms with van der Waals surface area (Å²) in [5.74, 6) is 0.510. The lowest BCUT2D eigenvalue weighted by Gasteiger charge is -2.30. The van der Waals surface area contributed by atoms with Gasteiger partial charge in [0.1, 0.15) is 5.60 Å². The van der Waals surface area contributed by atoms with Gasteiger partial charge in [0.05, 0.1) is 12.2 Å². The molecular formula is C27H35N5O2. The fraction of sp³-hybridized carbons (Fsp3) is 0.407. The van der Waals surface area contributed by atoms with Crippen molar-refractivity contribution < 1.29 is 9.90 Å². The van der Waals surface area contributed by atoms with Crippen LogP contribution in [0, 0.1) is 13.8 Å². The second-order valence-electron chi connectivity index (χ2n) is 9.33. The second-order valence-corrected chi connectivity index (χ2v) is 9.33. The molecule has 1 N–H and O–H groups in total. The van der Waals surface area contributed by atoms with Crippen LogP contribution >= 0.6 is 0 Å². The fourth-order valence-corrected chi connectivity index (χ4v) is 4.15. The van der Waals surface area contributed by atoms with Gasteiger partial charge in [-0.25, -0.2) is 9.67 Å². The van der Waals surface area contributed by atoms with Gasteiger partial charge in [0.2, 0.25) is 0 Å². The van der Waals surface area contributed by atoms with Crippen molar-refractivity contribution in [1.29, 1.82) is 0 Å². The van der Waals surface area contributed by atoms with E-state index in [4.69, 9.17) is 4.98 Å². The molecule has 34 heavy (non-hydrogen) atoms. The predicted molar refractivity (Wildman–Crippen MR) is 136 cm³/mol. The number of aliphatic hydroxyl groups is 1. The van der Waals surface area contributed by atoms with Crippen molar-refractivity contribution in [1.82, 2.24) is 19.7 Å². The zero-order valence-electron chi connectivity index (χ0n) is 21.0. The Hall–Kier alpha value is -3.32. The highest BCUT2D eigenvalue weighted by Crippen LogP contribution is 2.38. The quantitative estimate of drug-likeness (QED) is 0.543. The molecule has 7 nitrogen and oxygen atoms in total. The van der Waals surface area contributed by atoms with Crippen molar-refractivity contribution in [3.05, 3.63) is 76.5 Å². The number of ketones is 1. The van der Waals surface area contributed by atoms with Crippen molar-refractivity contribution in [2.24, 2.45) is 4.99 Å². The van der Waals surface area contributed by atoms with E-state index in [1.807, 2.05) is 38.5 Å². The van der Waals surface area contributed by atoms with Crippen LogP contribution in [0.1, 0.15) is 63.3 Å². The van der Waals surface area contributed by atoms with Crippen LogP contribution in [0.4, 0.5) is 0 Å². The molecule has 0 saturated carbocycles. The number of rotatable bonds is 9. The van der Waals surface area contributed by atoms with E-state index in [-0.39, 0.29) is 11.8 Å². The molecule has 1 aliphatic rings. The zero-order valence-corrected chi connectivity index (χ0v) is 21.0. The largest absolute Gasteiger partial charge is 0.382 e. The predicted octanol–water partition coefficient (Wildman–Crippen LogP) is 4.80. The van der Waals surface area contributed by atoms with Gasteiger partial charge in [-0.3, -0.25) is 9.79 Å². The minimum atomic E-state index is -1.47. The average molecular weight is 462 g/mol. The number of allylic oxidation sites excluding steroid dienone is 2. The molecule has 0 fully saturated rings. The summed E-state index contributed by atoms with van der Waals surface area (Å²) in [4.78, 5) is 23.9. The van der Waals surface area contributed by atoms with Crippen LogP contribution in [0.5, 0.6) is 0 Å². The summed E-state index contributed by atoms with van der Waals surface area (Å²) < 4.78 is 1.79. The fourth-order valence-electron chi connectivity index (χ4n) is 4.15. The number of nitrogens with zero attached hydrogens (tertiary/aromatic N) is 5. The van der Waals surface area contributed by atoms with E-state index in [0.29, 0.717) is 12.1 Å². The first-order valence-electron chi connectivity index (χ1n) is 11.7. The highest BCUT2D eigenvalue weighted by atomic mass is 16.3. The lowest BCUT2D eigenvalue weighted by Crippen LogP contribution is -2.34. The molecule has 2 aromatic heterocycles. The third-order valence-corrected chi connectivity index (χ3v) is 5.99. The van der Waals surface area contributed by atoms with E-state index in [0.717, 1.165) is 46.6 Å². The molecule has 1 aliphatic heterocycles. The Balaban J connectivity index is 2.02. The van der Waals surface area contributed by atoms with E-state index in [1.165, 1.54) is 13.8 Å². The van der Waals surface area contributed by atoms with Crippen molar-refractivity contribution in [3.63, 3.8) is 0 Å². The van der Waals surface area contributed by atoms with Gasteiger partial charge in [-0.1, -0.05) is 19.4 Å². The SMILES string of the molecule is C=N/C=C\C1=C(C(=O)C(C)(C)O)CN(C(C)c2cnc(-n3cc(C)cn3)c(C)c2)/C1=C/CCC. The van der Waals surface area contributed by atoms with Crippen molar-refractivity contribution in [3.8, 4) is 5.82 Å². The summed E-state index contributed by atoms with van der Waals surface area (Å²) in [6.45, 7) is 15.2. The lowest BCUT2D eigenvalue weighted by atomic mass is 9.94. The minimum Gasteiger partial charge on any atom is -0.382 e.